The first-order chi connectivity index (χ1) is 11.0. The highest BCUT2D eigenvalue weighted by Crippen LogP contribution is 2.31. The van der Waals surface area contributed by atoms with Gasteiger partial charge in [-0.3, -0.25) is 4.79 Å². The molecule has 1 aliphatic rings. The molecule has 0 aliphatic heterocycles. The Labute approximate surface area is 135 Å². The van der Waals surface area contributed by atoms with Crippen molar-refractivity contribution in [2.75, 3.05) is 0 Å². The number of amides is 1. The average Bonchev–Trinajstić information content (AvgIpc) is 3.17. The fourth-order valence-electron chi connectivity index (χ4n) is 3.19. The highest BCUT2D eigenvalue weighted by molar-refractivity contribution is 5.92. The summed E-state index contributed by atoms with van der Waals surface area (Å²) in [6, 6.07) is 1.92. The van der Waals surface area contributed by atoms with Crippen LogP contribution in [0.25, 0.3) is 0 Å². The summed E-state index contributed by atoms with van der Waals surface area (Å²) in [7, 11) is 0. The highest BCUT2D eigenvalue weighted by Gasteiger charge is 2.24. The van der Waals surface area contributed by atoms with Crippen molar-refractivity contribution < 1.29 is 4.79 Å². The Morgan fingerprint density at radius 2 is 2.04 bits per heavy atom. The van der Waals surface area contributed by atoms with Crippen molar-refractivity contribution in [2.45, 2.75) is 58.5 Å². The number of rotatable bonds is 4. The van der Waals surface area contributed by atoms with Crippen LogP contribution >= 0.6 is 0 Å². The maximum Gasteiger partial charge on any atom is 0.270 e. The van der Waals surface area contributed by atoms with Gasteiger partial charge in [-0.05, 0) is 39.7 Å². The lowest BCUT2D eigenvalue weighted by molar-refractivity contribution is 0.0931. The van der Waals surface area contributed by atoms with Gasteiger partial charge in [-0.2, -0.15) is 0 Å². The van der Waals surface area contributed by atoms with Crippen LogP contribution in [0.2, 0.25) is 0 Å². The van der Waals surface area contributed by atoms with Crippen molar-refractivity contribution in [1.29, 1.82) is 0 Å². The van der Waals surface area contributed by atoms with Crippen molar-refractivity contribution in [3.63, 3.8) is 0 Å². The molecular formula is C16H22N6O. The lowest BCUT2D eigenvalue weighted by atomic mass is 10.2. The van der Waals surface area contributed by atoms with Crippen LogP contribution in [0.1, 0.15) is 72.5 Å². The Kier molecular flexibility index (Phi) is 4.36. The second kappa shape index (κ2) is 6.44. The third-order valence-corrected chi connectivity index (χ3v) is 4.25. The number of carbonyl (C=O) groups excluding carboxylic acids is 1. The Balaban J connectivity index is 1.75. The Hall–Kier alpha value is -2.31. The summed E-state index contributed by atoms with van der Waals surface area (Å²) >= 11 is 0. The first-order valence-electron chi connectivity index (χ1n) is 8.07. The molecule has 3 rings (SSSR count). The molecule has 1 aliphatic carbocycles. The zero-order valence-electron chi connectivity index (χ0n) is 13.8. The molecule has 2 heterocycles. The second-order valence-electron chi connectivity index (χ2n) is 6.17. The number of nitrogens with one attached hydrogen (secondary N) is 1. The molecule has 0 aromatic carbocycles. The topological polar surface area (TPSA) is 85.6 Å². The van der Waals surface area contributed by atoms with Gasteiger partial charge in [0.15, 0.2) is 5.82 Å². The van der Waals surface area contributed by atoms with Crippen LogP contribution in [-0.2, 0) is 0 Å². The molecule has 1 N–H and O–H groups in total. The molecule has 0 spiro atoms. The van der Waals surface area contributed by atoms with Gasteiger partial charge in [0.05, 0.1) is 6.04 Å². The maximum absolute atomic E-state index is 12.4. The van der Waals surface area contributed by atoms with Gasteiger partial charge in [-0.25, -0.2) is 9.97 Å². The van der Waals surface area contributed by atoms with E-state index in [0.717, 1.165) is 24.4 Å². The number of hydrogen-bond acceptors (Lipinski definition) is 5. The smallest absolute Gasteiger partial charge is 0.270 e. The Morgan fingerprint density at radius 3 is 2.74 bits per heavy atom. The molecule has 2 aromatic rings. The van der Waals surface area contributed by atoms with E-state index in [2.05, 4.69) is 30.0 Å². The van der Waals surface area contributed by atoms with Crippen LogP contribution in [0, 0.1) is 13.8 Å². The summed E-state index contributed by atoms with van der Waals surface area (Å²) in [4.78, 5) is 20.8. The molecule has 0 bridgehead atoms. The fraction of sp³-hybridized carbons (Fsp3) is 0.562. The van der Waals surface area contributed by atoms with Gasteiger partial charge in [0.2, 0.25) is 0 Å². The predicted octanol–water partition coefficient (Wildman–Crippen LogP) is 2.29. The molecule has 7 nitrogen and oxygen atoms in total. The van der Waals surface area contributed by atoms with Crippen LogP contribution in [0.4, 0.5) is 0 Å². The first kappa shape index (κ1) is 15.6. The zero-order chi connectivity index (χ0) is 16.4. The molecule has 1 saturated carbocycles. The summed E-state index contributed by atoms with van der Waals surface area (Å²) < 4.78 is 2.11. The molecule has 1 amide bonds. The van der Waals surface area contributed by atoms with E-state index in [-0.39, 0.29) is 11.9 Å². The third kappa shape index (κ3) is 3.38. The van der Waals surface area contributed by atoms with E-state index in [9.17, 15) is 4.79 Å². The molecular weight excluding hydrogens is 292 g/mol. The fourth-order valence-corrected chi connectivity index (χ4v) is 3.19. The Morgan fingerprint density at radius 1 is 1.30 bits per heavy atom. The van der Waals surface area contributed by atoms with E-state index in [1.54, 1.807) is 19.3 Å². The van der Waals surface area contributed by atoms with Gasteiger partial charge in [0, 0.05) is 11.7 Å². The van der Waals surface area contributed by atoms with Crippen LogP contribution < -0.4 is 5.32 Å². The largest absolute Gasteiger partial charge is 0.341 e. The van der Waals surface area contributed by atoms with Crippen LogP contribution in [0.15, 0.2) is 12.4 Å². The minimum absolute atomic E-state index is 0.216. The molecule has 23 heavy (non-hydrogen) atoms. The van der Waals surface area contributed by atoms with Crippen molar-refractivity contribution >= 4 is 5.91 Å². The molecule has 2 aromatic heterocycles. The SMILES string of the molecule is Cc1cc(C(=O)NC(C)c2nncn2C2CCCC2)nc(C)n1. The first-order valence-corrected chi connectivity index (χ1v) is 8.07. The van der Waals surface area contributed by atoms with Gasteiger partial charge < -0.3 is 9.88 Å². The van der Waals surface area contributed by atoms with Crippen molar-refractivity contribution in [3.8, 4) is 0 Å². The van der Waals surface area contributed by atoms with E-state index in [4.69, 9.17) is 0 Å². The quantitative estimate of drug-likeness (QED) is 0.935. The van der Waals surface area contributed by atoms with Gasteiger partial charge in [-0.1, -0.05) is 12.8 Å². The van der Waals surface area contributed by atoms with E-state index in [0.29, 0.717) is 17.6 Å². The molecule has 1 atom stereocenters. The van der Waals surface area contributed by atoms with Crippen LogP contribution in [-0.4, -0.2) is 30.6 Å². The van der Waals surface area contributed by atoms with E-state index < -0.39 is 0 Å². The van der Waals surface area contributed by atoms with Crippen LogP contribution in [0.5, 0.6) is 0 Å². The number of nitrogens with zero attached hydrogens (tertiary/aromatic N) is 5. The number of carbonyl (C=O) groups is 1. The lowest BCUT2D eigenvalue weighted by Crippen LogP contribution is -2.30. The van der Waals surface area contributed by atoms with Crippen LogP contribution in [0.3, 0.4) is 0 Å². The predicted molar refractivity (Wildman–Crippen MR) is 84.9 cm³/mol. The molecule has 7 heteroatoms. The average molecular weight is 314 g/mol. The molecule has 0 saturated heterocycles. The molecule has 122 valence electrons. The molecule has 1 fully saturated rings. The number of aromatic nitrogens is 5. The summed E-state index contributed by atoms with van der Waals surface area (Å²) in [6.45, 7) is 5.56. The van der Waals surface area contributed by atoms with E-state index in [1.807, 2.05) is 13.8 Å². The number of aryl methyl sites for hydroxylation is 2. The van der Waals surface area contributed by atoms with E-state index in [1.165, 1.54) is 12.8 Å². The normalized spacial score (nSPS) is 16.5. The van der Waals surface area contributed by atoms with Gasteiger partial charge in [0.25, 0.3) is 5.91 Å². The third-order valence-electron chi connectivity index (χ3n) is 4.25. The Bertz CT molecular complexity index is 684. The van der Waals surface area contributed by atoms with Crippen molar-refractivity contribution in [3.05, 3.63) is 35.4 Å². The second-order valence-corrected chi connectivity index (χ2v) is 6.17. The lowest BCUT2D eigenvalue weighted by Gasteiger charge is -2.18. The van der Waals surface area contributed by atoms with Gasteiger partial charge in [-0.15, -0.1) is 10.2 Å². The highest BCUT2D eigenvalue weighted by atomic mass is 16.1. The summed E-state index contributed by atoms with van der Waals surface area (Å²) in [6.07, 6.45) is 6.55. The minimum atomic E-state index is -0.221. The monoisotopic (exact) mass is 314 g/mol. The summed E-state index contributed by atoms with van der Waals surface area (Å²) in [5.41, 5.74) is 1.17. The van der Waals surface area contributed by atoms with Gasteiger partial charge in [0.1, 0.15) is 17.8 Å². The maximum atomic E-state index is 12.4. The zero-order valence-corrected chi connectivity index (χ0v) is 13.8. The van der Waals surface area contributed by atoms with Crippen molar-refractivity contribution in [2.24, 2.45) is 0 Å². The standard InChI is InChI=1S/C16H22N6O/c1-10-8-14(20-12(3)18-10)16(23)19-11(2)15-21-17-9-22(15)13-6-4-5-7-13/h8-9,11,13H,4-7H2,1-3H3,(H,19,23). The molecule has 0 radical (unpaired) electrons. The molecule has 1 unspecified atom stereocenters. The van der Waals surface area contributed by atoms with Crippen molar-refractivity contribution in [1.82, 2.24) is 30.0 Å². The summed E-state index contributed by atoms with van der Waals surface area (Å²) in [5.74, 6) is 1.18. The summed E-state index contributed by atoms with van der Waals surface area (Å²) in [5, 5.41) is 11.2. The number of hydrogen-bond donors (Lipinski definition) is 1. The van der Waals surface area contributed by atoms with E-state index >= 15 is 0 Å². The minimum Gasteiger partial charge on any atom is -0.341 e. The van der Waals surface area contributed by atoms with Gasteiger partial charge >= 0.3 is 0 Å².